The van der Waals surface area contributed by atoms with Crippen LogP contribution in [-0.2, 0) is 6.42 Å². The van der Waals surface area contributed by atoms with Crippen LogP contribution in [0.5, 0.6) is 0 Å². The fraction of sp³-hybridized carbons (Fsp3) is 0.846. The van der Waals surface area contributed by atoms with Gasteiger partial charge >= 0.3 is 0 Å². The van der Waals surface area contributed by atoms with Crippen LogP contribution in [-0.4, -0.2) is 21.5 Å². The zero-order valence-corrected chi connectivity index (χ0v) is 10.8. The highest BCUT2D eigenvalue weighted by atomic mass is 15.4. The monoisotopic (exact) mass is 236 g/mol. The van der Waals surface area contributed by atoms with Gasteiger partial charge in [0, 0.05) is 6.20 Å². The van der Waals surface area contributed by atoms with Crippen molar-refractivity contribution in [2.24, 2.45) is 11.7 Å². The summed E-state index contributed by atoms with van der Waals surface area (Å²) < 4.78 is 2.09. The minimum absolute atomic E-state index is 0.585. The summed E-state index contributed by atoms with van der Waals surface area (Å²) in [6.07, 6.45) is 10.5. The first kappa shape index (κ1) is 12.6. The molecule has 2 rings (SSSR count). The van der Waals surface area contributed by atoms with Crippen LogP contribution in [0.3, 0.4) is 0 Å². The van der Waals surface area contributed by atoms with E-state index in [9.17, 15) is 0 Å². The summed E-state index contributed by atoms with van der Waals surface area (Å²) in [5.74, 6) is 0.888. The molecule has 1 heterocycles. The molecule has 0 atom stereocenters. The maximum absolute atomic E-state index is 5.49. The number of unbranched alkanes of at least 4 members (excludes halogenated alkanes) is 1. The third kappa shape index (κ3) is 3.53. The number of aromatic nitrogens is 3. The molecule has 4 nitrogen and oxygen atoms in total. The lowest BCUT2D eigenvalue weighted by Gasteiger charge is -2.25. The lowest BCUT2D eigenvalue weighted by atomic mass is 9.87. The van der Waals surface area contributed by atoms with E-state index >= 15 is 0 Å². The van der Waals surface area contributed by atoms with E-state index in [-0.39, 0.29) is 0 Å². The van der Waals surface area contributed by atoms with Crippen LogP contribution in [0.4, 0.5) is 0 Å². The van der Waals surface area contributed by atoms with E-state index in [2.05, 4.69) is 28.1 Å². The number of nitrogens with two attached hydrogens (primary N) is 1. The molecule has 4 heteroatoms. The largest absolute Gasteiger partial charge is 0.330 e. The van der Waals surface area contributed by atoms with Gasteiger partial charge in [-0.15, -0.1) is 5.10 Å². The smallest absolute Gasteiger partial charge is 0.0827 e. The van der Waals surface area contributed by atoms with Crippen molar-refractivity contribution in [3.8, 4) is 0 Å². The normalized spacial score (nSPS) is 25.1. The lowest BCUT2D eigenvalue weighted by molar-refractivity contribution is 0.270. The Kier molecular flexibility index (Phi) is 4.54. The Hall–Kier alpha value is -0.900. The van der Waals surface area contributed by atoms with Crippen molar-refractivity contribution < 1.29 is 0 Å². The number of hydrogen-bond donors (Lipinski definition) is 1. The Morgan fingerprint density at radius 1 is 1.29 bits per heavy atom. The van der Waals surface area contributed by atoms with Crippen molar-refractivity contribution in [1.29, 1.82) is 0 Å². The summed E-state index contributed by atoms with van der Waals surface area (Å²) in [6.45, 7) is 3.12. The van der Waals surface area contributed by atoms with Crippen molar-refractivity contribution in [2.75, 3.05) is 6.54 Å². The van der Waals surface area contributed by atoms with Crippen LogP contribution in [0.2, 0.25) is 0 Å². The fourth-order valence-electron chi connectivity index (χ4n) is 2.56. The van der Waals surface area contributed by atoms with E-state index in [0.29, 0.717) is 6.04 Å². The minimum atomic E-state index is 0.585. The summed E-state index contributed by atoms with van der Waals surface area (Å²) in [4.78, 5) is 0. The molecule has 0 radical (unpaired) electrons. The van der Waals surface area contributed by atoms with Gasteiger partial charge in [-0.3, -0.25) is 0 Å². The van der Waals surface area contributed by atoms with Crippen LogP contribution < -0.4 is 5.73 Å². The van der Waals surface area contributed by atoms with Crippen LogP contribution in [0.15, 0.2) is 6.20 Å². The molecule has 96 valence electrons. The van der Waals surface area contributed by atoms with E-state index < -0.39 is 0 Å². The van der Waals surface area contributed by atoms with Gasteiger partial charge in [0.25, 0.3) is 0 Å². The second-order valence-corrected chi connectivity index (χ2v) is 5.35. The molecule has 0 spiro atoms. The Morgan fingerprint density at radius 3 is 2.76 bits per heavy atom. The minimum Gasteiger partial charge on any atom is -0.330 e. The molecule has 1 aliphatic carbocycles. The van der Waals surface area contributed by atoms with E-state index in [1.54, 1.807) is 0 Å². The molecule has 1 saturated carbocycles. The third-order valence-corrected chi connectivity index (χ3v) is 3.80. The molecule has 0 aliphatic heterocycles. The second-order valence-electron chi connectivity index (χ2n) is 5.35. The molecule has 1 aromatic rings. The summed E-state index contributed by atoms with van der Waals surface area (Å²) >= 11 is 0. The van der Waals surface area contributed by atoms with Gasteiger partial charge in [0.15, 0.2) is 0 Å². The highest BCUT2D eigenvalue weighted by Crippen LogP contribution is 2.31. The van der Waals surface area contributed by atoms with Crippen LogP contribution in [0.1, 0.15) is 57.2 Å². The van der Waals surface area contributed by atoms with Gasteiger partial charge in [-0.25, -0.2) is 4.68 Å². The van der Waals surface area contributed by atoms with Gasteiger partial charge in [0.1, 0.15) is 0 Å². The molecule has 2 N–H and O–H groups in total. The van der Waals surface area contributed by atoms with Gasteiger partial charge in [-0.1, -0.05) is 12.1 Å². The Labute approximate surface area is 104 Å². The van der Waals surface area contributed by atoms with E-state index in [0.717, 1.165) is 37.4 Å². The predicted molar refractivity (Wildman–Crippen MR) is 68.7 cm³/mol. The predicted octanol–water partition coefficient (Wildman–Crippen LogP) is 2.31. The quantitative estimate of drug-likeness (QED) is 0.798. The molecule has 0 saturated heterocycles. The van der Waals surface area contributed by atoms with Gasteiger partial charge in [-0.05, 0) is 57.4 Å². The number of aryl methyl sites for hydroxylation is 1. The maximum Gasteiger partial charge on any atom is 0.0827 e. The van der Waals surface area contributed by atoms with Crippen molar-refractivity contribution in [1.82, 2.24) is 15.0 Å². The van der Waals surface area contributed by atoms with E-state index in [4.69, 9.17) is 5.73 Å². The van der Waals surface area contributed by atoms with Gasteiger partial charge < -0.3 is 5.73 Å². The first-order chi connectivity index (χ1) is 8.29. The van der Waals surface area contributed by atoms with Gasteiger partial charge in [-0.2, -0.15) is 0 Å². The summed E-state index contributed by atoms with van der Waals surface area (Å²) in [6, 6.07) is 0.585. The molecule has 1 aromatic heterocycles. The molecule has 17 heavy (non-hydrogen) atoms. The number of hydrogen-bond acceptors (Lipinski definition) is 3. The summed E-state index contributed by atoms with van der Waals surface area (Å²) in [7, 11) is 0. The lowest BCUT2D eigenvalue weighted by Crippen LogP contribution is -2.17. The van der Waals surface area contributed by atoms with Crippen molar-refractivity contribution >= 4 is 0 Å². The molecular weight excluding hydrogens is 212 g/mol. The Balaban J connectivity index is 1.85. The second kappa shape index (κ2) is 6.15. The van der Waals surface area contributed by atoms with E-state index in [1.807, 2.05) is 0 Å². The number of nitrogens with zero attached hydrogens (tertiary/aromatic N) is 3. The number of rotatable bonds is 5. The first-order valence-electron chi connectivity index (χ1n) is 6.90. The molecule has 1 aliphatic rings. The molecule has 0 unspecified atom stereocenters. The highest BCUT2D eigenvalue weighted by molar-refractivity contribution is 4.94. The van der Waals surface area contributed by atoms with Crippen LogP contribution in [0.25, 0.3) is 0 Å². The summed E-state index contributed by atoms with van der Waals surface area (Å²) in [5.41, 5.74) is 6.61. The Morgan fingerprint density at radius 2 is 2.06 bits per heavy atom. The van der Waals surface area contributed by atoms with Crippen molar-refractivity contribution in [3.05, 3.63) is 11.9 Å². The van der Waals surface area contributed by atoms with Gasteiger partial charge in [0.05, 0.1) is 11.7 Å². The van der Waals surface area contributed by atoms with Crippen LogP contribution >= 0.6 is 0 Å². The van der Waals surface area contributed by atoms with Gasteiger partial charge in [0.2, 0.25) is 0 Å². The highest BCUT2D eigenvalue weighted by Gasteiger charge is 2.20. The molecule has 0 aromatic carbocycles. The Bertz CT molecular complexity index is 326. The van der Waals surface area contributed by atoms with Crippen molar-refractivity contribution in [2.45, 2.75) is 57.9 Å². The maximum atomic E-state index is 5.49. The first-order valence-corrected chi connectivity index (χ1v) is 6.90. The van der Waals surface area contributed by atoms with E-state index in [1.165, 1.54) is 25.7 Å². The zero-order valence-electron chi connectivity index (χ0n) is 10.8. The third-order valence-electron chi connectivity index (χ3n) is 3.80. The standard InChI is InChI=1S/C13H24N4/c1-11-5-7-13(8-6-11)17-10-12(15-16-17)4-2-3-9-14/h10-11,13H,2-9,14H2,1H3. The molecule has 1 fully saturated rings. The molecular formula is C13H24N4. The molecule has 0 bridgehead atoms. The zero-order chi connectivity index (χ0) is 12.1. The summed E-state index contributed by atoms with van der Waals surface area (Å²) in [5, 5.41) is 8.53. The van der Waals surface area contributed by atoms with Crippen LogP contribution in [0, 0.1) is 5.92 Å². The average Bonchev–Trinajstić information content (AvgIpc) is 2.79. The average molecular weight is 236 g/mol. The fourth-order valence-corrected chi connectivity index (χ4v) is 2.56. The van der Waals surface area contributed by atoms with Crippen molar-refractivity contribution in [3.63, 3.8) is 0 Å². The SMILES string of the molecule is CC1CCC(n2cc(CCCCN)nn2)CC1. The molecule has 0 amide bonds. The topological polar surface area (TPSA) is 56.7 Å².